The lowest BCUT2D eigenvalue weighted by atomic mass is 10.1. The molecule has 2 rings (SSSR count). The second kappa shape index (κ2) is 8.12. The predicted molar refractivity (Wildman–Crippen MR) is 91.0 cm³/mol. The van der Waals surface area contributed by atoms with Crippen LogP contribution in [0.1, 0.15) is 27.8 Å². The zero-order chi connectivity index (χ0) is 17.7. The number of Topliss-reactive ketones (excluding diaryl/α,β-unsaturated/α-hetero) is 1. The third-order valence-electron chi connectivity index (χ3n) is 3.13. The van der Waals surface area contributed by atoms with Gasteiger partial charge in [-0.05, 0) is 37.4 Å². The van der Waals surface area contributed by atoms with Gasteiger partial charge in [0.05, 0.1) is 18.3 Å². The van der Waals surface area contributed by atoms with Crippen LogP contribution in [0.25, 0.3) is 0 Å². The molecule has 6 nitrogen and oxygen atoms in total. The van der Waals surface area contributed by atoms with Crippen molar-refractivity contribution in [3.05, 3.63) is 46.7 Å². The van der Waals surface area contributed by atoms with Crippen LogP contribution < -0.4 is 4.74 Å². The minimum absolute atomic E-state index is 0.0644. The van der Waals surface area contributed by atoms with E-state index in [2.05, 4.69) is 9.97 Å². The quantitative estimate of drug-likeness (QED) is 0.336. The predicted octanol–water partition coefficient (Wildman–Crippen LogP) is 3.29. The summed E-state index contributed by atoms with van der Waals surface area (Å²) in [6.45, 7) is 1.50. The number of nitrogens with zero attached hydrogens (tertiary/aromatic N) is 2. The van der Waals surface area contributed by atoms with Crippen molar-refractivity contribution in [2.75, 3.05) is 13.4 Å². The van der Waals surface area contributed by atoms with E-state index in [-0.39, 0.29) is 16.5 Å². The first-order valence-corrected chi connectivity index (χ1v) is 8.52. The first-order valence-electron chi connectivity index (χ1n) is 6.92. The Hall–Kier alpha value is -2.12. The average molecular weight is 367 g/mol. The molecule has 24 heavy (non-hydrogen) atoms. The fourth-order valence-corrected chi connectivity index (χ4v) is 2.36. The second-order valence-electron chi connectivity index (χ2n) is 4.69. The minimum Gasteiger partial charge on any atom is -0.497 e. The Balaban J connectivity index is 2.11. The number of ketones is 1. The maximum atomic E-state index is 12.3. The number of hydrogen-bond donors (Lipinski definition) is 0. The Morgan fingerprint density at radius 1 is 1.25 bits per heavy atom. The number of benzene rings is 1. The van der Waals surface area contributed by atoms with Crippen LogP contribution in [-0.4, -0.2) is 41.2 Å². The van der Waals surface area contributed by atoms with Gasteiger partial charge in [0.25, 0.3) is 0 Å². The number of carbonyl (C=O) groups excluding carboxylic acids is 2. The van der Waals surface area contributed by atoms with Gasteiger partial charge in [-0.2, -0.15) is 0 Å². The topological polar surface area (TPSA) is 78.4 Å². The van der Waals surface area contributed by atoms with Gasteiger partial charge in [-0.3, -0.25) is 4.79 Å². The molecular weight excluding hydrogens is 352 g/mol. The van der Waals surface area contributed by atoms with Crippen LogP contribution in [0.2, 0.25) is 5.02 Å². The second-order valence-corrected chi connectivity index (χ2v) is 5.87. The molecule has 0 aliphatic carbocycles. The van der Waals surface area contributed by atoms with E-state index in [1.54, 1.807) is 30.5 Å². The average Bonchev–Trinajstić information content (AvgIpc) is 2.61. The van der Waals surface area contributed by atoms with E-state index in [0.717, 1.165) is 0 Å². The number of rotatable bonds is 6. The Kier molecular flexibility index (Phi) is 6.16. The fraction of sp³-hybridized carbons (Fsp3) is 0.250. The van der Waals surface area contributed by atoms with Crippen molar-refractivity contribution in [2.24, 2.45) is 0 Å². The standard InChI is InChI=1S/C16H15ClN2O4S/c1-9(14(20)10-4-6-11(22-2)7-5-10)23-15(21)13-12(17)8-18-16(19-13)24-3/h4-9H,1-3H3. The van der Waals surface area contributed by atoms with Crippen LogP contribution in [0.15, 0.2) is 35.6 Å². The number of thioether (sulfide) groups is 1. The van der Waals surface area contributed by atoms with Gasteiger partial charge < -0.3 is 9.47 Å². The molecule has 1 aromatic carbocycles. The highest BCUT2D eigenvalue weighted by molar-refractivity contribution is 7.98. The summed E-state index contributed by atoms with van der Waals surface area (Å²) in [5.74, 6) is -0.470. The fourth-order valence-electron chi connectivity index (χ4n) is 1.85. The van der Waals surface area contributed by atoms with Crippen LogP contribution in [-0.2, 0) is 4.74 Å². The third kappa shape index (κ3) is 4.24. The van der Waals surface area contributed by atoms with E-state index in [1.807, 2.05) is 0 Å². The van der Waals surface area contributed by atoms with Gasteiger partial charge in [-0.1, -0.05) is 23.4 Å². The lowest BCUT2D eigenvalue weighted by Crippen LogP contribution is -2.25. The van der Waals surface area contributed by atoms with Gasteiger partial charge in [0.1, 0.15) is 5.75 Å². The number of ether oxygens (including phenoxy) is 2. The van der Waals surface area contributed by atoms with E-state index in [4.69, 9.17) is 21.1 Å². The summed E-state index contributed by atoms with van der Waals surface area (Å²) in [6.07, 6.45) is 2.12. The molecule has 2 aromatic rings. The maximum Gasteiger partial charge on any atom is 0.359 e. The van der Waals surface area contributed by atoms with Crippen LogP contribution in [0, 0.1) is 0 Å². The van der Waals surface area contributed by atoms with Gasteiger partial charge >= 0.3 is 5.97 Å². The minimum atomic E-state index is -0.977. The van der Waals surface area contributed by atoms with Crippen molar-refractivity contribution in [1.82, 2.24) is 9.97 Å². The molecule has 1 atom stereocenters. The Morgan fingerprint density at radius 3 is 2.50 bits per heavy atom. The monoisotopic (exact) mass is 366 g/mol. The maximum absolute atomic E-state index is 12.3. The molecule has 0 spiro atoms. The Labute approximate surface area is 148 Å². The van der Waals surface area contributed by atoms with Crippen LogP contribution >= 0.6 is 23.4 Å². The summed E-state index contributed by atoms with van der Waals surface area (Å²) in [4.78, 5) is 32.5. The van der Waals surface area contributed by atoms with Crippen molar-refractivity contribution < 1.29 is 19.1 Å². The normalized spacial score (nSPS) is 11.7. The highest BCUT2D eigenvalue weighted by atomic mass is 35.5. The summed E-state index contributed by atoms with van der Waals surface area (Å²) in [5.41, 5.74) is 0.347. The molecule has 0 saturated heterocycles. The molecule has 1 unspecified atom stereocenters. The Bertz CT molecular complexity index is 752. The summed E-state index contributed by atoms with van der Waals surface area (Å²) in [7, 11) is 1.54. The number of aromatic nitrogens is 2. The first kappa shape index (κ1) is 18.2. The summed E-state index contributed by atoms with van der Waals surface area (Å²) < 4.78 is 10.2. The van der Waals surface area contributed by atoms with Crippen molar-refractivity contribution in [2.45, 2.75) is 18.2 Å². The lowest BCUT2D eigenvalue weighted by molar-refractivity contribution is 0.0312. The van der Waals surface area contributed by atoms with Crippen molar-refractivity contribution in [3.63, 3.8) is 0 Å². The molecule has 126 valence electrons. The molecule has 0 radical (unpaired) electrons. The molecule has 0 N–H and O–H groups in total. The van der Waals surface area contributed by atoms with Gasteiger partial charge in [0.15, 0.2) is 17.0 Å². The third-order valence-corrected chi connectivity index (χ3v) is 3.96. The summed E-state index contributed by atoms with van der Waals surface area (Å²) in [5, 5.41) is 0.461. The highest BCUT2D eigenvalue weighted by Gasteiger charge is 2.23. The van der Waals surface area contributed by atoms with Crippen LogP contribution in [0.5, 0.6) is 5.75 Å². The number of esters is 1. The summed E-state index contributed by atoms with van der Waals surface area (Å²) in [6, 6.07) is 6.53. The first-order chi connectivity index (χ1) is 11.5. The largest absolute Gasteiger partial charge is 0.497 e. The number of halogens is 1. The molecule has 8 heteroatoms. The molecule has 0 aliphatic rings. The molecule has 1 aromatic heterocycles. The zero-order valence-corrected chi connectivity index (χ0v) is 14.9. The molecule has 0 bridgehead atoms. The number of methoxy groups -OCH3 is 1. The molecule has 0 aliphatic heterocycles. The van der Waals surface area contributed by atoms with E-state index >= 15 is 0 Å². The van der Waals surface area contributed by atoms with Gasteiger partial charge in [0.2, 0.25) is 5.78 Å². The highest BCUT2D eigenvalue weighted by Crippen LogP contribution is 2.19. The van der Waals surface area contributed by atoms with Crippen LogP contribution in [0.4, 0.5) is 0 Å². The SMILES string of the molecule is COc1ccc(C(=O)C(C)OC(=O)c2nc(SC)ncc2Cl)cc1. The van der Waals surface area contributed by atoms with E-state index in [0.29, 0.717) is 16.5 Å². The van der Waals surface area contributed by atoms with Crippen molar-refractivity contribution >= 4 is 35.1 Å². The van der Waals surface area contributed by atoms with Crippen molar-refractivity contribution in [3.8, 4) is 5.75 Å². The summed E-state index contributed by atoms with van der Waals surface area (Å²) >= 11 is 7.19. The molecule has 0 saturated carbocycles. The molecule has 0 amide bonds. The van der Waals surface area contributed by atoms with Gasteiger partial charge in [0, 0.05) is 5.56 Å². The van der Waals surface area contributed by atoms with Gasteiger partial charge in [-0.25, -0.2) is 14.8 Å². The lowest BCUT2D eigenvalue weighted by Gasteiger charge is -2.13. The number of carbonyl (C=O) groups is 2. The van der Waals surface area contributed by atoms with E-state index in [9.17, 15) is 9.59 Å². The van der Waals surface area contributed by atoms with Crippen molar-refractivity contribution in [1.29, 1.82) is 0 Å². The zero-order valence-electron chi connectivity index (χ0n) is 13.3. The van der Waals surface area contributed by atoms with E-state index in [1.165, 1.54) is 32.0 Å². The molecule has 0 fully saturated rings. The number of hydrogen-bond acceptors (Lipinski definition) is 7. The van der Waals surface area contributed by atoms with Crippen LogP contribution in [0.3, 0.4) is 0 Å². The molecular formula is C16H15ClN2O4S. The molecule has 1 heterocycles. The van der Waals surface area contributed by atoms with Gasteiger partial charge in [-0.15, -0.1) is 0 Å². The smallest absolute Gasteiger partial charge is 0.359 e. The Morgan fingerprint density at radius 2 is 1.92 bits per heavy atom. The van der Waals surface area contributed by atoms with E-state index < -0.39 is 12.1 Å².